The molecule has 84 valence electrons. The van der Waals surface area contributed by atoms with E-state index in [1.165, 1.54) is 0 Å². The fraction of sp³-hybridized carbons (Fsp3) is 0.333. The van der Waals surface area contributed by atoms with E-state index in [9.17, 15) is 4.79 Å². The maximum Gasteiger partial charge on any atom is 0.171 e. The molecule has 0 aliphatic rings. The standard InChI is InChI=1S/C12H14N2OS/c1-3-11-10(8-14(2)13-11)12(15)7-9-5-4-6-16-9/h4-6,8H,3,7H2,1-2H3. The number of Topliss-reactive ketones (excluding diaryl/α,β-unsaturated/α-hetero) is 1. The first-order chi connectivity index (χ1) is 7.70. The van der Waals surface area contributed by atoms with Crippen molar-refractivity contribution in [2.75, 3.05) is 0 Å². The highest BCUT2D eigenvalue weighted by Crippen LogP contribution is 2.15. The van der Waals surface area contributed by atoms with Crippen LogP contribution in [-0.2, 0) is 19.9 Å². The van der Waals surface area contributed by atoms with E-state index < -0.39 is 0 Å². The average molecular weight is 234 g/mol. The van der Waals surface area contributed by atoms with Crippen LogP contribution < -0.4 is 0 Å². The Labute approximate surface area is 98.7 Å². The Morgan fingerprint density at radius 2 is 2.38 bits per heavy atom. The van der Waals surface area contributed by atoms with Crippen LogP contribution in [0.4, 0.5) is 0 Å². The van der Waals surface area contributed by atoms with Crippen LogP contribution in [-0.4, -0.2) is 15.6 Å². The van der Waals surface area contributed by atoms with Crippen molar-refractivity contribution < 1.29 is 4.79 Å². The maximum absolute atomic E-state index is 12.1. The van der Waals surface area contributed by atoms with Crippen LogP contribution in [0, 0.1) is 0 Å². The Kier molecular flexibility index (Phi) is 3.19. The van der Waals surface area contributed by atoms with Gasteiger partial charge in [-0.1, -0.05) is 13.0 Å². The summed E-state index contributed by atoms with van der Waals surface area (Å²) in [5.41, 5.74) is 1.66. The van der Waals surface area contributed by atoms with Crippen LogP contribution in [0.3, 0.4) is 0 Å². The van der Waals surface area contributed by atoms with Crippen molar-refractivity contribution >= 4 is 17.1 Å². The van der Waals surface area contributed by atoms with Gasteiger partial charge in [0.1, 0.15) is 0 Å². The summed E-state index contributed by atoms with van der Waals surface area (Å²) in [6.45, 7) is 2.02. The third kappa shape index (κ3) is 2.22. The van der Waals surface area contributed by atoms with Gasteiger partial charge in [0.25, 0.3) is 0 Å². The zero-order chi connectivity index (χ0) is 11.5. The Morgan fingerprint density at radius 3 is 3.00 bits per heavy atom. The number of nitrogens with zero attached hydrogens (tertiary/aromatic N) is 2. The molecule has 0 spiro atoms. The average Bonchev–Trinajstić information content (AvgIpc) is 2.86. The fourth-order valence-electron chi connectivity index (χ4n) is 1.70. The van der Waals surface area contributed by atoms with Gasteiger partial charge in [-0.3, -0.25) is 9.48 Å². The molecule has 16 heavy (non-hydrogen) atoms. The van der Waals surface area contributed by atoms with E-state index >= 15 is 0 Å². The van der Waals surface area contributed by atoms with Crippen molar-refractivity contribution in [3.63, 3.8) is 0 Å². The fourth-order valence-corrected chi connectivity index (χ4v) is 2.40. The van der Waals surface area contributed by atoms with Crippen LogP contribution in [0.1, 0.15) is 27.9 Å². The van der Waals surface area contributed by atoms with Crippen molar-refractivity contribution in [3.05, 3.63) is 39.8 Å². The highest BCUT2D eigenvalue weighted by Gasteiger charge is 2.14. The van der Waals surface area contributed by atoms with Crippen molar-refractivity contribution in [2.45, 2.75) is 19.8 Å². The molecule has 0 saturated heterocycles. The zero-order valence-electron chi connectivity index (χ0n) is 9.43. The molecule has 0 N–H and O–H groups in total. The topological polar surface area (TPSA) is 34.9 Å². The first-order valence-corrected chi connectivity index (χ1v) is 6.16. The third-order valence-corrected chi connectivity index (χ3v) is 3.33. The first-order valence-electron chi connectivity index (χ1n) is 5.28. The molecule has 0 radical (unpaired) electrons. The molecule has 2 aromatic heterocycles. The summed E-state index contributed by atoms with van der Waals surface area (Å²) in [6, 6.07) is 3.96. The predicted molar refractivity (Wildman–Crippen MR) is 64.9 cm³/mol. The molecule has 0 unspecified atom stereocenters. The minimum atomic E-state index is 0.160. The Bertz CT molecular complexity index is 485. The summed E-state index contributed by atoms with van der Waals surface area (Å²) in [6.07, 6.45) is 3.09. The van der Waals surface area contributed by atoms with Crippen LogP contribution in [0.25, 0.3) is 0 Å². The Balaban J connectivity index is 2.20. The molecular weight excluding hydrogens is 220 g/mol. The number of aromatic nitrogens is 2. The second kappa shape index (κ2) is 4.61. The molecule has 3 nitrogen and oxygen atoms in total. The van der Waals surface area contributed by atoms with Crippen molar-refractivity contribution in [1.29, 1.82) is 0 Å². The normalized spacial score (nSPS) is 10.6. The monoisotopic (exact) mass is 234 g/mol. The molecule has 2 heterocycles. The summed E-state index contributed by atoms with van der Waals surface area (Å²) in [5.74, 6) is 0.160. The van der Waals surface area contributed by atoms with Gasteiger partial charge in [-0.15, -0.1) is 11.3 Å². The number of aryl methyl sites for hydroxylation is 2. The lowest BCUT2D eigenvalue weighted by Gasteiger charge is -1.97. The molecule has 2 rings (SSSR count). The van der Waals surface area contributed by atoms with E-state index in [4.69, 9.17) is 0 Å². The van der Waals surface area contributed by atoms with E-state index in [2.05, 4.69) is 5.10 Å². The van der Waals surface area contributed by atoms with Gasteiger partial charge in [-0.05, 0) is 17.9 Å². The number of rotatable bonds is 4. The van der Waals surface area contributed by atoms with E-state index in [1.54, 1.807) is 16.0 Å². The second-order valence-corrected chi connectivity index (χ2v) is 4.73. The van der Waals surface area contributed by atoms with Gasteiger partial charge < -0.3 is 0 Å². The van der Waals surface area contributed by atoms with Crippen LogP contribution in [0.2, 0.25) is 0 Å². The summed E-state index contributed by atoms with van der Waals surface area (Å²) in [4.78, 5) is 13.2. The minimum Gasteiger partial charge on any atom is -0.294 e. The molecule has 0 aliphatic heterocycles. The van der Waals surface area contributed by atoms with Gasteiger partial charge >= 0.3 is 0 Å². The lowest BCUT2D eigenvalue weighted by Crippen LogP contribution is -2.04. The second-order valence-electron chi connectivity index (χ2n) is 3.70. The number of carbonyl (C=O) groups excluding carboxylic acids is 1. The molecular formula is C12H14N2OS. The first kappa shape index (κ1) is 11.1. The summed E-state index contributed by atoms with van der Waals surface area (Å²) < 4.78 is 1.71. The lowest BCUT2D eigenvalue weighted by molar-refractivity contribution is 0.0993. The quantitative estimate of drug-likeness (QED) is 0.762. The highest BCUT2D eigenvalue weighted by molar-refractivity contribution is 7.10. The Hall–Kier alpha value is -1.42. The van der Waals surface area contributed by atoms with Crippen LogP contribution >= 0.6 is 11.3 Å². The molecule has 2 aromatic rings. The lowest BCUT2D eigenvalue weighted by atomic mass is 10.1. The largest absolute Gasteiger partial charge is 0.294 e. The van der Waals surface area contributed by atoms with Gasteiger partial charge in [-0.25, -0.2) is 0 Å². The van der Waals surface area contributed by atoms with Crippen LogP contribution in [0.5, 0.6) is 0 Å². The van der Waals surface area contributed by atoms with E-state index in [0.717, 1.165) is 22.6 Å². The van der Waals surface area contributed by atoms with E-state index in [1.807, 2.05) is 37.7 Å². The number of carbonyl (C=O) groups is 1. The van der Waals surface area contributed by atoms with Crippen molar-refractivity contribution in [3.8, 4) is 0 Å². The molecule has 0 atom stereocenters. The number of hydrogen-bond donors (Lipinski definition) is 0. The molecule has 0 amide bonds. The van der Waals surface area contributed by atoms with Crippen LogP contribution in [0.15, 0.2) is 23.7 Å². The van der Waals surface area contributed by atoms with E-state index in [0.29, 0.717) is 6.42 Å². The predicted octanol–water partition coefficient (Wildman–Crippen LogP) is 2.47. The summed E-state index contributed by atoms with van der Waals surface area (Å²) in [5, 5.41) is 6.27. The smallest absolute Gasteiger partial charge is 0.171 e. The summed E-state index contributed by atoms with van der Waals surface area (Å²) in [7, 11) is 1.85. The van der Waals surface area contributed by atoms with Gasteiger partial charge in [0.15, 0.2) is 5.78 Å². The number of thiophene rings is 1. The molecule has 0 aliphatic carbocycles. The SMILES string of the molecule is CCc1nn(C)cc1C(=O)Cc1cccs1. The molecule has 0 fully saturated rings. The van der Waals surface area contributed by atoms with Gasteiger partial charge in [0.05, 0.1) is 11.3 Å². The third-order valence-electron chi connectivity index (χ3n) is 2.46. The molecule has 0 saturated carbocycles. The van der Waals surface area contributed by atoms with Crippen molar-refractivity contribution in [2.24, 2.45) is 7.05 Å². The minimum absolute atomic E-state index is 0.160. The number of ketones is 1. The number of hydrogen-bond acceptors (Lipinski definition) is 3. The molecule has 0 aromatic carbocycles. The molecule has 0 bridgehead atoms. The maximum atomic E-state index is 12.1. The highest BCUT2D eigenvalue weighted by atomic mass is 32.1. The van der Waals surface area contributed by atoms with Gasteiger partial charge in [0, 0.05) is 24.5 Å². The molecule has 4 heteroatoms. The zero-order valence-corrected chi connectivity index (χ0v) is 10.3. The Morgan fingerprint density at radius 1 is 1.56 bits per heavy atom. The van der Waals surface area contributed by atoms with E-state index in [-0.39, 0.29) is 5.78 Å². The summed E-state index contributed by atoms with van der Waals surface area (Å²) >= 11 is 1.62. The van der Waals surface area contributed by atoms with Gasteiger partial charge in [0.2, 0.25) is 0 Å². The van der Waals surface area contributed by atoms with Crippen molar-refractivity contribution in [1.82, 2.24) is 9.78 Å². The van der Waals surface area contributed by atoms with Gasteiger partial charge in [-0.2, -0.15) is 5.10 Å².